The molecule has 0 aliphatic heterocycles. The molecule has 0 fully saturated rings. The molecule has 37 heavy (non-hydrogen) atoms. The average molecular weight is 526 g/mol. The molecule has 0 saturated carbocycles. The van der Waals surface area contributed by atoms with Gasteiger partial charge in [-0.3, -0.25) is 4.79 Å². The zero-order valence-electron chi connectivity index (χ0n) is 21.1. The van der Waals surface area contributed by atoms with Crippen LogP contribution in [0.3, 0.4) is 0 Å². The lowest BCUT2D eigenvalue weighted by molar-refractivity contribution is -0.122. The predicted octanol–water partition coefficient (Wildman–Crippen LogP) is 4.22. The fourth-order valence-electron chi connectivity index (χ4n) is 3.05. The van der Waals surface area contributed by atoms with Crippen molar-refractivity contribution in [3.63, 3.8) is 0 Å². The number of benzene rings is 2. The number of amides is 2. The van der Waals surface area contributed by atoms with Gasteiger partial charge in [-0.25, -0.2) is 9.79 Å². The van der Waals surface area contributed by atoms with Crippen molar-refractivity contribution in [2.75, 3.05) is 33.6 Å². The highest BCUT2D eigenvalue weighted by Gasteiger charge is 2.18. The number of nitrogens with one attached hydrogen (secondary N) is 1. The first-order chi connectivity index (χ1) is 17.9. The van der Waals surface area contributed by atoms with E-state index in [1.54, 1.807) is 43.5 Å². The van der Waals surface area contributed by atoms with Crippen molar-refractivity contribution in [3.8, 4) is 22.9 Å². The number of aromatic nitrogens is 2. The fourth-order valence-corrected chi connectivity index (χ4v) is 3.57. The number of aryl methyl sites for hydroxylation is 1. The summed E-state index contributed by atoms with van der Waals surface area (Å²) in [6, 6.07) is 12.4. The molecule has 0 saturated heterocycles. The zero-order valence-corrected chi connectivity index (χ0v) is 21.9. The van der Waals surface area contributed by atoms with Gasteiger partial charge in [-0.1, -0.05) is 5.16 Å². The molecule has 12 heteroatoms. The molecule has 2 aromatic carbocycles. The monoisotopic (exact) mass is 525 g/mol. The Morgan fingerprint density at radius 1 is 1.11 bits per heavy atom. The van der Waals surface area contributed by atoms with Crippen LogP contribution in [0, 0.1) is 6.92 Å². The number of likely N-dealkylation sites (N-methyl/N-ethyl adjacent to an activating group) is 1. The van der Waals surface area contributed by atoms with E-state index >= 15 is 0 Å². The summed E-state index contributed by atoms with van der Waals surface area (Å²) in [5.41, 5.74) is 2.40. The predicted molar refractivity (Wildman–Crippen MR) is 141 cm³/mol. The topological polar surface area (TPSA) is 138 Å². The van der Waals surface area contributed by atoms with Crippen LogP contribution in [0.4, 0.5) is 10.5 Å². The lowest BCUT2D eigenvalue weighted by Gasteiger charge is -2.14. The summed E-state index contributed by atoms with van der Waals surface area (Å²) < 4.78 is 21.1. The van der Waals surface area contributed by atoms with E-state index in [1.165, 1.54) is 25.9 Å². The summed E-state index contributed by atoms with van der Waals surface area (Å²) in [5, 5.41) is 6.77. The highest BCUT2D eigenvalue weighted by Crippen LogP contribution is 2.30. The molecular weight excluding hydrogens is 498 g/mol. The Labute approximate surface area is 218 Å². The number of nitrogens with zero attached hydrogens (tertiary/aromatic N) is 4. The number of thioether (sulfide) groups is 1. The second-order valence-corrected chi connectivity index (χ2v) is 8.09. The number of aliphatic imine (C=N–C) groups is 2. The summed E-state index contributed by atoms with van der Waals surface area (Å²) in [7, 11) is 2.78. The van der Waals surface area contributed by atoms with Crippen molar-refractivity contribution in [1.29, 1.82) is 0 Å². The van der Waals surface area contributed by atoms with Gasteiger partial charge >= 0.3 is 6.09 Å². The third-order valence-electron chi connectivity index (χ3n) is 4.81. The van der Waals surface area contributed by atoms with Crippen LogP contribution in [-0.2, 0) is 9.53 Å². The lowest BCUT2D eigenvalue weighted by Crippen LogP contribution is -2.25. The molecule has 0 spiro atoms. The minimum absolute atomic E-state index is 0.164. The quantitative estimate of drug-likeness (QED) is 0.321. The molecule has 3 aromatic rings. The van der Waals surface area contributed by atoms with Crippen molar-refractivity contribution in [3.05, 3.63) is 53.9 Å². The molecule has 3 rings (SSSR count). The van der Waals surface area contributed by atoms with Crippen molar-refractivity contribution >= 4 is 40.2 Å². The first kappa shape index (κ1) is 27.4. The molecule has 0 atom stereocenters. The van der Waals surface area contributed by atoms with E-state index < -0.39 is 6.09 Å². The minimum Gasteiger partial charge on any atom is -0.490 e. The van der Waals surface area contributed by atoms with E-state index in [0.717, 1.165) is 5.56 Å². The summed E-state index contributed by atoms with van der Waals surface area (Å²) in [6.07, 6.45) is 1.03. The number of rotatable bonds is 9. The number of hydrogen-bond acceptors (Lipinski definition) is 10. The van der Waals surface area contributed by atoms with E-state index in [2.05, 4.69) is 20.4 Å². The molecular formula is C25H27N5O6S. The maximum absolute atomic E-state index is 12.0. The lowest BCUT2D eigenvalue weighted by atomic mass is 10.1. The van der Waals surface area contributed by atoms with Crippen LogP contribution in [0.15, 0.2) is 57.0 Å². The Kier molecular flexibility index (Phi) is 9.78. The van der Waals surface area contributed by atoms with Crippen LogP contribution >= 0.6 is 11.8 Å². The smallest absolute Gasteiger partial charge is 0.434 e. The van der Waals surface area contributed by atoms with Gasteiger partial charge in [0, 0.05) is 25.1 Å². The van der Waals surface area contributed by atoms with E-state index in [0.29, 0.717) is 51.8 Å². The van der Waals surface area contributed by atoms with Crippen LogP contribution in [0.1, 0.15) is 18.4 Å². The van der Waals surface area contributed by atoms with E-state index in [1.807, 2.05) is 19.1 Å². The second kappa shape index (κ2) is 13.2. The van der Waals surface area contributed by atoms with Crippen molar-refractivity contribution in [2.45, 2.75) is 13.8 Å². The van der Waals surface area contributed by atoms with Gasteiger partial charge in [0.05, 0.1) is 19.4 Å². The van der Waals surface area contributed by atoms with E-state index in [4.69, 9.17) is 23.7 Å². The Bertz CT molecular complexity index is 1300. The summed E-state index contributed by atoms with van der Waals surface area (Å²) in [5.74, 6) is 1.47. The second-order valence-electron chi connectivity index (χ2n) is 7.29. The maximum atomic E-state index is 12.0. The fraction of sp³-hybridized carbons (Fsp3) is 0.280. The molecule has 194 valence electrons. The highest BCUT2D eigenvalue weighted by atomic mass is 32.2. The first-order valence-electron chi connectivity index (χ1n) is 11.2. The molecule has 11 nitrogen and oxygen atoms in total. The Balaban J connectivity index is 2.06. The summed E-state index contributed by atoms with van der Waals surface area (Å²) in [4.78, 5) is 36.7. The third-order valence-corrected chi connectivity index (χ3v) is 5.48. The molecule has 1 heterocycles. The van der Waals surface area contributed by atoms with Crippen molar-refractivity contribution in [2.24, 2.45) is 9.98 Å². The molecule has 1 N–H and O–H groups in total. The zero-order chi connectivity index (χ0) is 26.8. The van der Waals surface area contributed by atoms with Crippen molar-refractivity contribution < 1.29 is 28.3 Å². The van der Waals surface area contributed by atoms with Crippen LogP contribution in [0.5, 0.6) is 11.5 Å². The Hall–Kier alpha value is -4.19. The van der Waals surface area contributed by atoms with Crippen LogP contribution in [0.2, 0.25) is 0 Å². The van der Waals surface area contributed by atoms with Gasteiger partial charge in [-0.05, 0) is 55.6 Å². The number of carbonyl (C=O) groups excluding carboxylic acids is 2. The van der Waals surface area contributed by atoms with Gasteiger partial charge in [0.2, 0.25) is 11.7 Å². The summed E-state index contributed by atoms with van der Waals surface area (Å²) >= 11 is 1.24. The SMILES string of the molecule is CCOc1cc(C(=Nc2ccc(-c3noc(C)n3)cc2)/C(=N/C(=O)OC)SC)ccc1OCC(=O)NC. The van der Waals surface area contributed by atoms with Crippen LogP contribution in [-0.4, -0.2) is 66.5 Å². The normalized spacial score (nSPS) is 11.7. The van der Waals surface area contributed by atoms with E-state index in [-0.39, 0.29) is 12.5 Å². The molecule has 2 amide bonds. The van der Waals surface area contributed by atoms with Gasteiger partial charge < -0.3 is 24.1 Å². The van der Waals surface area contributed by atoms with Gasteiger partial charge in [0.1, 0.15) is 10.8 Å². The number of methoxy groups -OCH3 is 1. The number of ether oxygens (including phenoxy) is 3. The van der Waals surface area contributed by atoms with Gasteiger partial charge in [0.25, 0.3) is 5.91 Å². The molecule has 0 bridgehead atoms. The first-order valence-corrected chi connectivity index (χ1v) is 12.4. The molecule has 0 unspecified atom stereocenters. The third kappa shape index (κ3) is 7.40. The molecule has 0 radical (unpaired) electrons. The maximum Gasteiger partial charge on any atom is 0.434 e. The van der Waals surface area contributed by atoms with Gasteiger partial charge in [0.15, 0.2) is 18.1 Å². The highest BCUT2D eigenvalue weighted by molar-refractivity contribution is 8.15. The Morgan fingerprint density at radius 3 is 2.46 bits per heavy atom. The summed E-state index contributed by atoms with van der Waals surface area (Å²) in [6.45, 7) is 3.76. The standard InChI is InChI=1S/C25H27N5O6S/c1-6-34-20-13-17(9-12-19(20)35-14-21(31)26-3)22(24(37-5)29-25(32)33-4)28-18-10-7-16(8-11-18)23-27-15(2)36-30-23/h7-13H,6,14H2,1-5H3,(H,26,31)/b28-22?,29-24-. The van der Waals surface area contributed by atoms with Crippen molar-refractivity contribution in [1.82, 2.24) is 15.5 Å². The minimum atomic E-state index is -0.754. The molecule has 0 aliphatic rings. The number of carbonyl (C=O) groups is 2. The largest absolute Gasteiger partial charge is 0.490 e. The molecule has 1 aromatic heterocycles. The van der Waals surface area contributed by atoms with Gasteiger partial charge in [-0.15, -0.1) is 11.8 Å². The van der Waals surface area contributed by atoms with Gasteiger partial charge in [-0.2, -0.15) is 9.98 Å². The molecule has 0 aliphatic carbocycles. The average Bonchev–Trinajstić information content (AvgIpc) is 3.36. The van der Waals surface area contributed by atoms with Crippen LogP contribution < -0.4 is 14.8 Å². The van der Waals surface area contributed by atoms with E-state index in [9.17, 15) is 9.59 Å². The van der Waals surface area contributed by atoms with Crippen LogP contribution in [0.25, 0.3) is 11.4 Å². The Morgan fingerprint density at radius 2 is 1.86 bits per heavy atom. The number of hydrogen-bond donors (Lipinski definition) is 1.